The fourth-order valence-electron chi connectivity index (χ4n) is 3.01. The molecule has 0 aliphatic carbocycles. The van der Waals surface area contributed by atoms with E-state index in [0.29, 0.717) is 17.3 Å². The van der Waals surface area contributed by atoms with Gasteiger partial charge in [-0.3, -0.25) is 0 Å². The topological polar surface area (TPSA) is 72.1 Å². The summed E-state index contributed by atoms with van der Waals surface area (Å²) in [6, 6.07) is 10.3. The third kappa shape index (κ3) is 2.89. The molecule has 0 saturated heterocycles. The standard InChI is InChI=1S/C20H20O5/c1-11-19(13-5-7-15(21)17(9-13)23-3)12(2)25-20(11)14-6-8-16(22)18(10-14)24-4/h5-10,21-22H,1-4H3. The summed E-state index contributed by atoms with van der Waals surface area (Å²) >= 11 is 0. The normalized spacial score (nSPS) is 10.7. The Kier molecular flexibility index (Phi) is 4.31. The second-order valence-electron chi connectivity index (χ2n) is 5.76. The van der Waals surface area contributed by atoms with Gasteiger partial charge in [0, 0.05) is 16.7 Å². The van der Waals surface area contributed by atoms with Crippen molar-refractivity contribution in [2.45, 2.75) is 13.8 Å². The van der Waals surface area contributed by atoms with Crippen LogP contribution in [0, 0.1) is 13.8 Å². The van der Waals surface area contributed by atoms with Crippen LogP contribution in [0.4, 0.5) is 0 Å². The zero-order valence-corrected chi connectivity index (χ0v) is 14.6. The molecule has 0 unspecified atom stereocenters. The molecule has 2 N–H and O–H groups in total. The summed E-state index contributed by atoms with van der Waals surface area (Å²) in [5, 5.41) is 19.6. The van der Waals surface area contributed by atoms with Crippen molar-refractivity contribution in [3.05, 3.63) is 47.7 Å². The number of hydrogen-bond donors (Lipinski definition) is 2. The predicted molar refractivity (Wildman–Crippen MR) is 95.5 cm³/mol. The fourth-order valence-corrected chi connectivity index (χ4v) is 3.01. The van der Waals surface area contributed by atoms with Gasteiger partial charge in [0.15, 0.2) is 23.0 Å². The smallest absolute Gasteiger partial charge is 0.161 e. The molecule has 3 rings (SSSR count). The molecule has 0 radical (unpaired) electrons. The highest BCUT2D eigenvalue weighted by atomic mass is 16.5. The van der Waals surface area contributed by atoms with E-state index in [1.807, 2.05) is 19.9 Å². The Morgan fingerprint density at radius 2 is 1.32 bits per heavy atom. The first-order chi connectivity index (χ1) is 12.0. The Morgan fingerprint density at radius 3 is 1.88 bits per heavy atom. The lowest BCUT2D eigenvalue weighted by atomic mass is 9.99. The molecule has 5 heteroatoms. The molecule has 0 bridgehead atoms. The van der Waals surface area contributed by atoms with Crippen LogP contribution in [0.25, 0.3) is 22.5 Å². The third-order valence-corrected chi connectivity index (χ3v) is 4.23. The van der Waals surface area contributed by atoms with Gasteiger partial charge in [0.05, 0.1) is 14.2 Å². The van der Waals surface area contributed by atoms with Crippen molar-refractivity contribution < 1.29 is 24.1 Å². The maximum absolute atomic E-state index is 9.80. The molecule has 130 valence electrons. The molecule has 5 nitrogen and oxygen atoms in total. The molecule has 0 amide bonds. The van der Waals surface area contributed by atoms with E-state index in [-0.39, 0.29) is 11.5 Å². The van der Waals surface area contributed by atoms with Crippen molar-refractivity contribution in [3.8, 4) is 45.4 Å². The van der Waals surface area contributed by atoms with Gasteiger partial charge in [-0.25, -0.2) is 0 Å². The van der Waals surface area contributed by atoms with E-state index in [1.165, 1.54) is 14.2 Å². The number of aryl methyl sites for hydroxylation is 1. The summed E-state index contributed by atoms with van der Waals surface area (Å²) in [6.45, 7) is 3.86. The highest BCUT2D eigenvalue weighted by Gasteiger charge is 2.19. The molecule has 0 aliphatic heterocycles. The fraction of sp³-hybridized carbons (Fsp3) is 0.200. The average Bonchev–Trinajstić information content (AvgIpc) is 2.90. The molecule has 25 heavy (non-hydrogen) atoms. The summed E-state index contributed by atoms with van der Waals surface area (Å²) in [5.41, 5.74) is 3.61. The van der Waals surface area contributed by atoms with E-state index < -0.39 is 0 Å². The van der Waals surface area contributed by atoms with Gasteiger partial charge in [-0.2, -0.15) is 0 Å². The van der Waals surface area contributed by atoms with Crippen LogP contribution in [0.1, 0.15) is 11.3 Å². The van der Waals surface area contributed by atoms with Crippen LogP contribution in [-0.2, 0) is 0 Å². The average molecular weight is 340 g/mol. The predicted octanol–water partition coefficient (Wildman–Crippen LogP) is 4.66. The Hall–Kier alpha value is -3.08. The van der Waals surface area contributed by atoms with Gasteiger partial charge in [-0.05, 0) is 49.7 Å². The maximum Gasteiger partial charge on any atom is 0.161 e. The summed E-state index contributed by atoms with van der Waals surface area (Å²) < 4.78 is 16.4. The minimum Gasteiger partial charge on any atom is -0.504 e. The zero-order valence-electron chi connectivity index (χ0n) is 14.6. The lowest BCUT2D eigenvalue weighted by Crippen LogP contribution is -1.87. The highest BCUT2D eigenvalue weighted by molar-refractivity contribution is 5.79. The van der Waals surface area contributed by atoms with E-state index in [1.54, 1.807) is 30.3 Å². The van der Waals surface area contributed by atoms with Gasteiger partial charge in [0.1, 0.15) is 11.5 Å². The van der Waals surface area contributed by atoms with Gasteiger partial charge in [0.2, 0.25) is 0 Å². The van der Waals surface area contributed by atoms with Crippen LogP contribution in [-0.4, -0.2) is 24.4 Å². The van der Waals surface area contributed by atoms with E-state index in [4.69, 9.17) is 13.9 Å². The van der Waals surface area contributed by atoms with E-state index >= 15 is 0 Å². The van der Waals surface area contributed by atoms with Gasteiger partial charge in [-0.1, -0.05) is 6.07 Å². The number of ether oxygens (including phenoxy) is 2. The molecule has 1 heterocycles. The molecule has 0 saturated carbocycles. The number of methoxy groups -OCH3 is 2. The lowest BCUT2D eigenvalue weighted by molar-refractivity contribution is 0.373. The Balaban J connectivity index is 2.13. The van der Waals surface area contributed by atoms with E-state index in [0.717, 1.165) is 28.0 Å². The molecule has 3 aromatic rings. The van der Waals surface area contributed by atoms with Crippen molar-refractivity contribution in [2.75, 3.05) is 14.2 Å². The first-order valence-electron chi connectivity index (χ1n) is 7.81. The van der Waals surface area contributed by atoms with Crippen molar-refractivity contribution in [1.29, 1.82) is 0 Å². The largest absolute Gasteiger partial charge is 0.504 e. The Bertz CT molecular complexity index is 924. The van der Waals surface area contributed by atoms with Crippen molar-refractivity contribution in [1.82, 2.24) is 0 Å². The van der Waals surface area contributed by atoms with Crippen LogP contribution >= 0.6 is 0 Å². The van der Waals surface area contributed by atoms with Gasteiger partial charge < -0.3 is 24.1 Å². The Labute approximate surface area is 146 Å². The number of hydrogen-bond acceptors (Lipinski definition) is 5. The number of phenolic OH excluding ortho intramolecular Hbond substituents is 2. The summed E-state index contributed by atoms with van der Waals surface area (Å²) in [4.78, 5) is 0. The molecule has 0 fully saturated rings. The van der Waals surface area contributed by atoms with Crippen LogP contribution < -0.4 is 9.47 Å². The number of benzene rings is 2. The van der Waals surface area contributed by atoms with E-state index in [2.05, 4.69) is 0 Å². The molecular formula is C20H20O5. The van der Waals surface area contributed by atoms with Gasteiger partial charge >= 0.3 is 0 Å². The molecule has 2 aromatic carbocycles. The molecule has 0 spiro atoms. The van der Waals surface area contributed by atoms with Crippen LogP contribution in [0.5, 0.6) is 23.0 Å². The molecule has 0 atom stereocenters. The summed E-state index contributed by atoms with van der Waals surface area (Å²) in [5.74, 6) is 2.43. The SMILES string of the molecule is COc1cc(-c2oc(C)c(-c3ccc(O)c(OC)c3)c2C)ccc1O. The van der Waals surface area contributed by atoms with Crippen molar-refractivity contribution in [3.63, 3.8) is 0 Å². The quantitative estimate of drug-likeness (QED) is 0.723. The second-order valence-corrected chi connectivity index (χ2v) is 5.76. The molecule has 0 aliphatic rings. The highest BCUT2D eigenvalue weighted by Crippen LogP contribution is 2.41. The van der Waals surface area contributed by atoms with Crippen LogP contribution in [0.3, 0.4) is 0 Å². The minimum atomic E-state index is 0.0793. The number of furan rings is 1. The van der Waals surface area contributed by atoms with Crippen molar-refractivity contribution in [2.24, 2.45) is 0 Å². The number of rotatable bonds is 4. The lowest BCUT2D eigenvalue weighted by Gasteiger charge is -2.07. The van der Waals surface area contributed by atoms with Crippen molar-refractivity contribution >= 4 is 0 Å². The van der Waals surface area contributed by atoms with Crippen LogP contribution in [0.2, 0.25) is 0 Å². The first kappa shape index (κ1) is 16.8. The summed E-state index contributed by atoms with van der Waals surface area (Å²) in [7, 11) is 3.02. The van der Waals surface area contributed by atoms with Crippen LogP contribution in [0.15, 0.2) is 40.8 Å². The number of phenols is 2. The maximum atomic E-state index is 9.80. The van der Waals surface area contributed by atoms with Gasteiger partial charge in [-0.15, -0.1) is 0 Å². The summed E-state index contributed by atoms with van der Waals surface area (Å²) in [6.07, 6.45) is 0. The third-order valence-electron chi connectivity index (χ3n) is 4.23. The molecular weight excluding hydrogens is 320 g/mol. The van der Waals surface area contributed by atoms with E-state index in [9.17, 15) is 10.2 Å². The number of aromatic hydroxyl groups is 2. The monoisotopic (exact) mass is 340 g/mol. The first-order valence-corrected chi connectivity index (χ1v) is 7.81. The minimum absolute atomic E-state index is 0.0793. The second kappa shape index (κ2) is 6.43. The van der Waals surface area contributed by atoms with Gasteiger partial charge in [0.25, 0.3) is 0 Å². The molecule has 1 aromatic heterocycles. The zero-order chi connectivity index (χ0) is 18.1. The Morgan fingerprint density at radius 1 is 0.800 bits per heavy atom.